The highest BCUT2D eigenvalue weighted by atomic mass is 35.5. The van der Waals surface area contributed by atoms with Crippen LogP contribution in [0.15, 0.2) is 64.2 Å². The summed E-state index contributed by atoms with van der Waals surface area (Å²) in [7, 11) is 0. The minimum atomic E-state index is -0.444. The van der Waals surface area contributed by atoms with Gasteiger partial charge in [0.25, 0.3) is 5.56 Å². The smallest absolute Gasteiger partial charge is 0.280 e. The number of benzene rings is 2. The molecule has 0 N–H and O–H groups in total. The van der Waals surface area contributed by atoms with Crippen molar-refractivity contribution in [1.82, 2.24) is 24.1 Å². The minimum Gasteiger partial charge on any atom is -0.280 e. The molecule has 1 aliphatic rings. The summed E-state index contributed by atoms with van der Waals surface area (Å²) in [4.78, 5) is 25.2. The Kier molecular flexibility index (Phi) is 3.51. The fraction of sp³-hybridized carbons (Fsp3) is 0.158. The summed E-state index contributed by atoms with van der Waals surface area (Å²) in [6.45, 7) is 0. The first-order valence-electron chi connectivity index (χ1n) is 8.59. The fourth-order valence-corrected chi connectivity index (χ4v) is 3.54. The van der Waals surface area contributed by atoms with Crippen LogP contribution in [0.1, 0.15) is 18.9 Å². The maximum absolute atomic E-state index is 12.8. The average molecular weight is 380 g/mol. The first-order chi connectivity index (χ1) is 13.1. The van der Waals surface area contributed by atoms with Crippen molar-refractivity contribution in [2.45, 2.75) is 18.9 Å². The Balaban J connectivity index is 1.61. The van der Waals surface area contributed by atoms with Crippen LogP contribution in [-0.2, 0) is 0 Å². The lowest BCUT2D eigenvalue weighted by molar-refractivity contribution is 0.646. The highest BCUT2D eigenvalue weighted by Gasteiger charge is 2.28. The monoisotopic (exact) mass is 379 g/mol. The summed E-state index contributed by atoms with van der Waals surface area (Å²) < 4.78 is 4.35. The summed E-state index contributed by atoms with van der Waals surface area (Å²) in [5, 5.41) is 8.51. The second kappa shape index (κ2) is 5.92. The Morgan fingerprint density at radius 3 is 2.41 bits per heavy atom. The summed E-state index contributed by atoms with van der Waals surface area (Å²) in [6.07, 6.45) is 1.80. The van der Waals surface area contributed by atoms with E-state index in [4.69, 9.17) is 11.6 Å². The van der Waals surface area contributed by atoms with E-state index in [0.717, 1.165) is 34.1 Å². The van der Waals surface area contributed by atoms with Gasteiger partial charge in [-0.15, -0.1) is 5.10 Å². The average Bonchev–Trinajstić information content (AvgIpc) is 3.40. The molecule has 0 saturated heterocycles. The van der Waals surface area contributed by atoms with Gasteiger partial charge in [0.05, 0.1) is 16.9 Å². The highest BCUT2D eigenvalue weighted by molar-refractivity contribution is 6.29. The van der Waals surface area contributed by atoms with E-state index in [0.29, 0.717) is 5.69 Å². The van der Waals surface area contributed by atoms with Gasteiger partial charge in [0.2, 0.25) is 0 Å². The van der Waals surface area contributed by atoms with Crippen LogP contribution in [-0.4, -0.2) is 24.1 Å². The van der Waals surface area contributed by atoms with Crippen LogP contribution in [0.5, 0.6) is 0 Å². The molecule has 8 heteroatoms. The van der Waals surface area contributed by atoms with E-state index in [1.54, 1.807) is 28.9 Å². The van der Waals surface area contributed by atoms with Crippen LogP contribution in [0.4, 0.5) is 0 Å². The summed E-state index contributed by atoms with van der Waals surface area (Å²) in [5.74, 6) is 0. The predicted octanol–water partition coefficient (Wildman–Crippen LogP) is 2.72. The molecule has 2 heterocycles. The molecular formula is C19H14ClN5O2. The van der Waals surface area contributed by atoms with E-state index in [2.05, 4.69) is 10.3 Å². The molecule has 2 aromatic heterocycles. The van der Waals surface area contributed by atoms with Crippen molar-refractivity contribution in [3.8, 4) is 11.4 Å². The molecule has 0 amide bonds. The third-order valence-electron chi connectivity index (χ3n) is 4.71. The summed E-state index contributed by atoms with van der Waals surface area (Å²) in [5.41, 5.74) is 2.10. The molecule has 5 rings (SSSR count). The number of hydrogen-bond donors (Lipinski definition) is 0. The van der Waals surface area contributed by atoms with E-state index < -0.39 is 11.2 Å². The normalized spacial score (nSPS) is 14.0. The Bertz CT molecular complexity index is 1280. The van der Waals surface area contributed by atoms with Crippen LogP contribution >= 0.6 is 11.6 Å². The van der Waals surface area contributed by atoms with Crippen LogP contribution in [0.3, 0.4) is 0 Å². The second-order valence-electron chi connectivity index (χ2n) is 6.53. The lowest BCUT2D eigenvalue weighted by atomic mass is 10.2. The largest absolute Gasteiger partial charge is 0.337 e. The fourth-order valence-electron chi connectivity index (χ4n) is 3.23. The number of aromatic nitrogens is 5. The van der Waals surface area contributed by atoms with E-state index in [-0.39, 0.29) is 11.2 Å². The highest BCUT2D eigenvalue weighted by Crippen LogP contribution is 2.35. The Labute approximate surface area is 158 Å². The molecule has 1 aliphatic carbocycles. The van der Waals surface area contributed by atoms with Crippen LogP contribution < -0.4 is 11.2 Å². The number of nitrogens with zero attached hydrogens (tertiary/aromatic N) is 5. The quantitative estimate of drug-likeness (QED) is 0.513. The van der Waals surface area contributed by atoms with Crippen molar-refractivity contribution in [2.24, 2.45) is 0 Å². The number of rotatable bonds is 3. The molecule has 2 aromatic carbocycles. The van der Waals surface area contributed by atoms with Crippen molar-refractivity contribution in [2.75, 3.05) is 0 Å². The van der Waals surface area contributed by atoms with Gasteiger partial charge in [-0.3, -0.25) is 9.36 Å². The van der Waals surface area contributed by atoms with Gasteiger partial charge in [-0.25, -0.2) is 14.0 Å². The summed E-state index contributed by atoms with van der Waals surface area (Å²) in [6, 6.07) is 16.1. The lowest BCUT2D eigenvalue weighted by Crippen LogP contribution is -2.38. The Morgan fingerprint density at radius 1 is 0.963 bits per heavy atom. The zero-order chi connectivity index (χ0) is 18.5. The third-order valence-corrected chi connectivity index (χ3v) is 5.00. The molecule has 0 aliphatic heterocycles. The van der Waals surface area contributed by atoms with Crippen LogP contribution in [0.2, 0.25) is 5.15 Å². The SMILES string of the molecule is O=c1cc(Cl)n(C2CC2)c(=O)n1-c1ccc(-n2nnc3ccccc32)cc1. The zero-order valence-electron chi connectivity index (χ0n) is 14.1. The van der Waals surface area contributed by atoms with Gasteiger partial charge in [0.1, 0.15) is 10.7 Å². The number of hydrogen-bond acceptors (Lipinski definition) is 4. The van der Waals surface area contributed by atoms with Gasteiger partial charge in [0.15, 0.2) is 0 Å². The van der Waals surface area contributed by atoms with E-state index >= 15 is 0 Å². The van der Waals surface area contributed by atoms with Gasteiger partial charge in [0, 0.05) is 12.1 Å². The minimum absolute atomic E-state index is 0.0811. The molecule has 0 unspecified atom stereocenters. The van der Waals surface area contributed by atoms with Crippen molar-refractivity contribution in [3.63, 3.8) is 0 Å². The molecule has 0 bridgehead atoms. The number of para-hydroxylation sites is 1. The van der Waals surface area contributed by atoms with Crippen molar-refractivity contribution < 1.29 is 0 Å². The van der Waals surface area contributed by atoms with Gasteiger partial charge < -0.3 is 0 Å². The standard InChI is InChI=1S/C19H14ClN5O2/c20-17-11-18(26)24(19(27)23(17)12-5-6-12)13-7-9-14(10-8-13)25-16-4-2-1-3-15(16)21-22-25/h1-4,7-12H,5-6H2. The number of halogens is 1. The van der Waals surface area contributed by atoms with E-state index in [1.807, 2.05) is 24.3 Å². The molecule has 134 valence electrons. The molecule has 27 heavy (non-hydrogen) atoms. The molecule has 0 spiro atoms. The Morgan fingerprint density at radius 2 is 1.67 bits per heavy atom. The van der Waals surface area contributed by atoms with Gasteiger partial charge in [-0.2, -0.15) is 0 Å². The second-order valence-corrected chi connectivity index (χ2v) is 6.92. The van der Waals surface area contributed by atoms with Gasteiger partial charge in [-0.05, 0) is 49.2 Å². The number of fused-ring (bicyclic) bond motifs is 1. The first-order valence-corrected chi connectivity index (χ1v) is 8.96. The van der Waals surface area contributed by atoms with Crippen LogP contribution in [0, 0.1) is 0 Å². The lowest BCUT2D eigenvalue weighted by Gasteiger charge is -2.11. The molecular weight excluding hydrogens is 366 g/mol. The molecule has 1 saturated carbocycles. The van der Waals surface area contributed by atoms with Gasteiger partial charge in [-0.1, -0.05) is 28.9 Å². The predicted molar refractivity (Wildman–Crippen MR) is 102 cm³/mol. The third kappa shape index (κ3) is 2.59. The maximum Gasteiger partial charge on any atom is 0.337 e. The van der Waals surface area contributed by atoms with Crippen molar-refractivity contribution in [3.05, 3.63) is 80.6 Å². The molecule has 0 atom stereocenters. The van der Waals surface area contributed by atoms with Crippen LogP contribution in [0.25, 0.3) is 22.4 Å². The van der Waals surface area contributed by atoms with Gasteiger partial charge >= 0.3 is 5.69 Å². The molecule has 7 nitrogen and oxygen atoms in total. The summed E-state index contributed by atoms with van der Waals surface area (Å²) >= 11 is 6.11. The van der Waals surface area contributed by atoms with Crippen molar-refractivity contribution >= 4 is 22.6 Å². The molecule has 0 radical (unpaired) electrons. The molecule has 4 aromatic rings. The maximum atomic E-state index is 12.8. The first kappa shape index (κ1) is 16.0. The Hall–Kier alpha value is -3.19. The van der Waals surface area contributed by atoms with E-state index in [1.165, 1.54) is 10.6 Å². The topological polar surface area (TPSA) is 74.7 Å². The van der Waals surface area contributed by atoms with Crippen molar-refractivity contribution in [1.29, 1.82) is 0 Å². The zero-order valence-corrected chi connectivity index (χ0v) is 14.9. The molecule has 1 fully saturated rings. The van der Waals surface area contributed by atoms with E-state index in [9.17, 15) is 9.59 Å².